The highest BCUT2D eigenvalue weighted by atomic mass is 32.2. The summed E-state index contributed by atoms with van der Waals surface area (Å²) in [5, 5.41) is 2.37. The quantitative estimate of drug-likeness (QED) is 0.908. The Kier molecular flexibility index (Phi) is 2.99. The number of aromatic amines is 1. The van der Waals surface area contributed by atoms with Crippen LogP contribution < -0.4 is 5.56 Å². The van der Waals surface area contributed by atoms with Gasteiger partial charge in [-0.3, -0.25) is 4.79 Å². The van der Waals surface area contributed by atoms with Crippen LogP contribution in [0.1, 0.15) is 11.3 Å². The molecule has 0 radical (unpaired) electrons. The molecule has 1 N–H and O–H groups in total. The first kappa shape index (κ1) is 13.1. The molecule has 20 heavy (non-hydrogen) atoms. The van der Waals surface area contributed by atoms with E-state index in [1.54, 1.807) is 12.1 Å². The van der Waals surface area contributed by atoms with E-state index in [0.717, 1.165) is 22.1 Å². The van der Waals surface area contributed by atoms with Crippen LogP contribution >= 0.6 is 0 Å². The molecule has 1 aliphatic rings. The molecule has 0 saturated carbocycles. The van der Waals surface area contributed by atoms with Crippen LogP contribution in [0.5, 0.6) is 0 Å². The minimum Gasteiger partial charge on any atom is -0.325 e. The second-order valence-corrected chi connectivity index (χ2v) is 6.63. The lowest BCUT2D eigenvalue weighted by atomic mass is 10.0. The summed E-state index contributed by atoms with van der Waals surface area (Å²) in [5.41, 5.74) is 1.57. The highest BCUT2D eigenvalue weighted by Gasteiger charge is 2.26. The summed E-state index contributed by atoms with van der Waals surface area (Å²) >= 11 is 0. The summed E-state index contributed by atoms with van der Waals surface area (Å²) in [6.07, 6.45) is 0.502. The molecule has 5 nitrogen and oxygen atoms in total. The molecule has 6 heteroatoms. The maximum Gasteiger partial charge on any atom is 0.256 e. The van der Waals surface area contributed by atoms with Gasteiger partial charge in [-0.25, -0.2) is 8.42 Å². The van der Waals surface area contributed by atoms with Crippen molar-refractivity contribution >= 4 is 20.8 Å². The van der Waals surface area contributed by atoms with Gasteiger partial charge < -0.3 is 4.98 Å². The van der Waals surface area contributed by atoms with Crippen molar-refractivity contribution in [3.8, 4) is 0 Å². The molecular weight excluding hydrogens is 276 g/mol. The van der Waals surface area contributed by atoms with E-state index in [2.05, 4.69) is 11.6 Å². The summed E-state index contributed by atoms with van der Waals surface area (Å²) in [7, 11) is -3.44. The number of nitrogens with one attached hydrogen (secondary N) is 1. The van der Waals surface area contributed by atoms with E-state index < -0.39 is 10.0 Å². The van der Waals surface area contributed by atoms with Gasteiger partial charge in [0.25, 0.3) is 5.56 Å². The van der Waals surface area contributed by atoms with Gasteiger partial charge in [-0.05, 0) is 17.0 Å². The number of nitrogens with zero attached hydrogens (tertiary/aromatic N) is 1. The largest absolute Gasteiger partial charge is 0.325 e. The van der Waals surface area contributed by atoms with Crippen LogP contribution in [0.3, 0.4) is 0 Å². The van der Waals surface area contributed by atoms with Crippen molar-refractivity contribution in [1.82, 2.24) is 9.29 Å². The molecule has 0 spiro atoms. The Morgan fingerprint density at radius 2 is 1.95 bits per heavy atom. The topological polar surface area (TPSA) is 70.2 Å². The van der Waals surface area contributed by atoms with Gasteiger partial charge in [0, 0.05) is 36.0 Å². The summed E-state index contributed by atoms with van der Waals surface area (Å²) in [6, 6.07) is 7.25. The number of pyridine rings is 1. The van der Waals surface area contributed by atoms with Gasteiger partial charge in [-0.1, -0.05) is 24.8 Å². The number of H-pyrrole nitrogens is 1. The number of hydrogen-bond donors (Lipinski definition) is 1. The molecule has 0 unspecified atom stereocenters. The minimum absolute atomic E-state index is 0.126. The van der Waals surface area contributed by atoms with E-state index in [1.165, 1.54) is 4.31 Å². The Balaban J connectivity index is 2.20. The highest BCUT2D eigenvalue weighted by Crippen LogP contribution is 2.25. The molecule has 0 saturated heterocycles. The number of hydrogen-bond acceptors (Lipinski definition) is 3. The maximum atomic E-state index is 12.0. The van der Waals surface area contributed by atoms with Gasteiger partial charge in [0.2, 0.25) is 10.0 Å². The van der Waals surface area contributed by atoms with Crippen molar-refractivity contribution in [3.63, 3.8) is 0 Å². The fourth-order valence-corrected chi connectivity index (χ4v) is 3.46. The molecule has 0 amide bonds. The summed E-state index contributed by atoms with van der Waals surface area (Å²) in [6.45, 7) is 3.97. The predicted molar refractivity (Wildman–Crippen MR) is 77.8 cm³/mol. The van der Waals surface area contributed by atoms with E-state index in [0.29, 0.717) is 18.4 Å². The van der Waals surface area contributed by atoms with Crippen LogP contribution in [0.2, 0.25) is 0 Å². The molecule has 1 aromatic carbocycles. The second kappa shape index (κ2) is 4.57. The Morgan fingerprint density at radius 1 is 1.25 bits per heavy atom. The van der Waals surface area contributed by atoms with E-state index in [9.17, 15) is 13.2 Å². The maximum absolute atomic E-state index is 12.0. The predicted octanol–water partition coefficient (Wildman–Crippen LogP) is 1.36. The van der Waals surface area contributed by atoms with E-state index in [1.807, 2.05) is 12.1 Å². The van der Waals surface area contributed by atoms with Gasteiger partial charge in [0.05, 0.1) is 0 Å². The number of fused-ring (bicyclic) bond motifs is 3. The van der Waals surface area contributed by atoms with Crippen LogP contribution in [0.25, 0.3) is 10.8 Å². The van der Waals surface area contributed by atoms with Crippen molar-refractivity contribution in [2.75, 3.05) is 6.54 Å². The van der Waals surface area contributed by atoms with Gasteiger partial charge in [-0.2, -0.15) is 4.31 Å². The van der Waals surface area contributed by atoms with Gasteiger partial charge in [-0.15, -0.1) is 0 Å². The molecule has 1 aliphatic heterocycles. The first-order valence-corrected chi connectivity index (χ1v) is 7.78. The van der Waals surface area contributed by atoms with Crippen molar-refractivity contribution in [1.29, 1.82) is 0 Å². The van der Waals surface area contributed by atoms with Crippen LogP contribution in [0.15, 0.2) is 41.0 Å². The lowest BCUT2D eigenvalue weighted by Gasteiger charge is -2.27. The van der Waals surface area contributed by atoms with Crippen molar-refractivity contribution in [3.05, 3.63) is 57.9 Å². The second-order valence-electron chi connectivity index (χ2n) is 4.75. The number of rotatable bonds is 2. The zero-order valence-corrected chi connectivity index (χ0v) is 11.6. The Hall–Kier alpha value is -1.92. The zero-order chi connectivity index (χ0) is 14.3. The van der Waals surface area contributed by atoms with Gasteiger partial charge in [0.1, 0.15) is 0 Å². The first-order chi connectivity index (χ1) is 9.53. The van der Waals surface area contributed by atoms with E-state index in [-0.39, 0.29) is 12.1 Å². The Labute approximate surface area is 116 Å². The van der Waals surface area contributed by atoms with E-state index >= 15 is 0 Å². The number of sulfonamides is 1. The lowest BCUT2D eigenvalue weighted by molar-refractivity contribution is 0.395. The third kappa shape index (κ3) is 1.97. The molecule has 2 aromatic rings. The van der Waals surface area contributed by atoms with Crippen LogP contribution in [-0.2, 0) is 23.0 Å². The van der Waals surface area contributed by atoms with Crippen LogP contribution in [0, 0.1) is 0 Å². The normalized spacial score (nSPS) is 16.0. The lowest BCUT2D eigenvalue weighted by Crippen LogP contribution is -2.36. The monoisotopic (exact) mass is 290 g/mol. The SMILES string of the molecule is C=CS(=O)(=O)N1CCc2[nH]c(=O)c3ccccc3c2C1. The molecule has 1 aromatic heterocycles. The van der Waals surface area contributed by atoms with Crippen LogP contribution in [-0.4, -0.2) is 24.3 Å². The summed E-state index contributed by atoms with van der Waals surface area (Å²) in [5.74, 6) is 0. The standard InChI is InChI=1S/C14H14N2O3S/c1-2-20(18,19)16-8-7-13-12(9-16)10-5-3-4-6-11(10)14(17)15-13/h2-6H,1,7-9H2,(H,15,17). The molecule has 0 fully saturated rings. The highest BCUT2D eigenvalue weighted by molar-refractivity contribution is 7.91. The van der Waals surface area contributed by atoms with Gasteiger partial charge in [0.15, 0.2) is 0 Å². The smallest absolute Gasteiger partial charge is 0.256 e. The van der Waals surface area contributed by atoms with Crippen molar-refractivity contribution in [2.45, 2.75) is 13.0 Å². The van der Waals surface area contributed by atoms with Crippen molar-refractivity contribution in [2.24, 2.45) is 0 Å². The Morgan fingerprint density at radius 3 is 2.65 bits per heavy atom. The minimum atomic E-state index is -3.44. The zero-order valence-electron chi connectivity index (χ0n) is 10.8. The first-order valence-electron chi connectivity index (χ1n) is 6.28. The summed E-state index contributed by atoms with van der Waals surface area (Å²) in [4.78, 5) is 14.8. The average molecular weight is 290 g/mol. The summed E-state index contributed by atoms with van der Waals surface area (Å²) < 4.78 is 25.2. The third-order valence-corrected chi connectivity index (χ3v) is 5.09. The van der Waals surface area contributed by atoms with Gasteiger partial charge >= 0.3 is 0 Å². The molecule has 0 aliphatic carbocycles. The number of benzene rings is 1. The third-order valence-electron chi connectivity index (χ3n) is 3.64. The fourth-order valence-electron chi connectivity index (χ4n) is 2.60. The molecule has 0 atom stereocenters. The molecule has 3 rings (SSSR count). The van der Waals surface area contributed by atoms with E-state index in [4.69, 9.17) is 0 Å². The molecule has 0 bridgehead atoms. The fraction of sp³-hybridized carbons (Fsp3) is 0.214. The van der Waals surface area contributed by atoms with Crippen molar-refractivity contribution < 1.29 is 8.42 Å². The molecule has 104 valence electrons. The molecular formula is C14H14N2O3S. The van der Waals surface area contributed by atoms with Crippen LogP contribution in [0.4, 0.5) is 0 Å². The molecule has 2 heterocycles. The Bertz CT molecular complexity index is 852. The number of aromatic nitrogens is 1. The average Bonchev–Trinajstić information content (AvgIpc) is 2.47.